The van der Waals surface area contributed by atoms with Crippen LogP contribution in [0.15, 0.2) is 0 Å². The van der Waals surface area contributed by atoms with Gasteiger partial charge in [0.05, 0.1) is 6.61 Å². The molecule has 8 heteroatoms. The lowest BCUT2D eigenvalue weighted by Gasteiger charge is -2.24. The number of hydrogen-bond acceptors (Lipinski definition) is 7. The van der Waals surface area contributed by atoms with E-state index in [-0.39, 0.29) is 18.8 Å². The predicted molar refractivity (Wildman–Crippen MR) is 78.1 cm³/mol. The molecule has 5 N–H and O–H groups in total. The number of likely N-dealkylation sites (tertiary alicyclic amines) is 1. The molecule has 1 heterocycles. The maximum Gasteiger partial charge on any atom is 0.451 e. The molecule has 1 rings (SSSR count). The zero-order chi connectivity index (χ0) is 16.1. The molecule has 0 aromatic heterocycles. The molecule has 0 aromatic carbocycles. The first kappa shape index (κ1) is 20.2. The van der Waals surface area contributed by atoms with Gasteiger partial charge in [0.2, 0.25) is 0 Å². The maximum absolute atomic E-state index is 9.21. The largest absolute Gasteiger partial charge is 0.451 e. The van der Waals surface area contributed by atoms with Gasteiger partial charge in [-0.25, -0.2) is 0 Å². The topological polar surface area (TPSA) is 124 Å². The Labute approximate surface area is 126 Å². The number of aliphatic hydroxyl groups is 1. The number of rotatable bonds is 9. The van der Waals surface area contributed by atoms with Crippen molar-refractivity contribution >= 4 is 13.3 Å². The SMILES string of the molecule is N[C@H](CCCCB(O)O)CCN1CCC[C@H]1CO.O=C=O. The third-order valence-electron chi connectivity index (χ3n) is 3.78. The monoisotopic (exact) mass is 302 g/mol. The lowest BCUT2D eigenvalue weighted by atomic mass is 9.83. The highest BCUT2D eigenvalue weighted by atomic mass is 16.4. The lowest BCUT2D eigenvalue weighted by Crippen LogP contribution is -2.36. The van der Waals surface area contributed by atoms with Crippen molar-refractivity contribution in [2.24, 2.45) is 5.73 Å². The fraction of sp³-hybridized carbons (Fsp3) is 0.923. The van der Waals surface area contributed by atoms with Crippen LogP contribution < -0.4 is 5.73 Å². The Morgan fingerprint density at radius 1 is 1.29 bits per heavy atom. The molecule has 0 aromatic rings. The number of aliphatic hydroxyl groups excluding tert-OH is 1. The van der Waals surface area contributed by atoms with Crippen LogP contribution in [0.4, 0.5) is 0 Å². The summed E-state index contributed by atoms with van der Waals surface area (Å²) < 4.78 is 0. The summed E-state index contributed by atoms with van der Waals surface area (Å²) in [5.41, 5.74) is 6.04. The Morgan fingerprint density at radius 3 is 2.52 bits per heavy atom. The molecule has 0 bridgehead atoms. The van der Waals surface area contributed by atoms with Gasteiger partial charge in [-0.3, -0.25) is 4.90 Å². The van der Waals surface area contributed by atoms with Crippen molar-refractivity contribution in [1.82, 2.24) is 4.90 Å². The lowest BCUT2D eigenvalue weighted by molar-refractivity contribution is -0.191. The molecular weight excluding hydrogens is 275 g/mol. The van der Waals surface area contributed by atoms with Gasteiger partial charge in [-0.1, -0.05) is 12.8 Å². The van der Waals surface area contributed by atoms with Gasteiger partial charge in [-0.05, 0) is 45.1 Å². The molecule has 1 aliphatic heterocycles. The average molecular weight is 302 g/mol. The van der Waals surface area contributed by atoms with Crippen LogP contribution in [0.25, 0.3) is 0 Å². The van der Waals surface area contributed by atoms with E-state index in [9.17, 15) is 5.11 Å². The summed E-state index contributed by atoms with van der Waals surface area (Å²) in [5, 5.41) is 26.6. The summed E-state index contributed by atoms with van der Waals surface area (Å²) in [7, 11) is -1.18. The number of nitrogens with two attached hydrogens (primary N) is 1. The van der Waals surface area contributed by atoms with Gasteiger partial charge in [-0.2, -0.15) is 9.59 Å². The minimum atomic E-state index is -1.18. The highest BCUT2D eigenvalue weighted by Gasteiger charge is 2.23. The van der Waals surface area contributed by atoms with Crippen LogP contribution in [0.5, 0.6) is 0 Å². The fourth-order valence-corrected chi connectivity index (χ4v) is 2.61. The van der Waals surface area contributed by atoms with Crippen LogP contribution in [0, 0.1) is 0 Å². The molecule has 0 amide bonds. The number of nitrogens with zero attached hydrogens (tertiary/aromatic N) is 1. The van der Waals surface area contributed by atoms with E-state index in [1.54, 1.807) is 0 Å². The smallest absolute Gasteiger partial charge is 0.427 e. The molecule has 1 aliphatic rings. The van der Waals surface area contributed by atoms with E-state index in [1.165, 1.54) is 6.42 Å². The average Bonchev–Trinajstić information content (AvgIpc) is 2.89. The summed E-state index contributed by atoms with van der Waals surface area (Å²) in [4.78, 5) is 18.6. The molecular formula is C13H27BN2O5. The van der Waals surface area contributed by atoms with Gasteiger partial charge in [-0.15, -0.1) is 0 Å². The van der Waals surface area contributed by atoms with Crippen molar-refractivity contribution in [3.8, 4) is 0 Å². The second kappa shape index (κ2) is 12.9. The Morgan fingerprint density at radius 2 is 1.95 bits per heavy atom. The van der Waals surface area contributed by atoms with Gasteiger partial charge in [0.15, 0.2) is 0 Å². The quantitative estimate of drug-likeness (QED) is 0.325. The first-order valence-electron chi connectivity index (χ1n) is 7.51. The second-order valence-electron chi connectivity index (χ2n) is 5.41. The van der Waals surface area contributed by atoms with Gasteiger partial charge in [0.25, 0.3) is 0 Å². The zero-order valence-electron chi connectivity index (χ0n) is 12.5. The van der Waals surface area contributed by atoms with Gasteiger partial charge < -0.3 is 20.9 Å². The Bertz CT molecular complexity index is 288. The van der Waals surface area contributed by atoms with Gasteiger partial charge in [0, 0.05) is 12.1 Å². The second-order valence-corrected chi connectivity index (χ2v) is 5.41. The van der Waals surface area contributed by atoms with Gasteiger partial charge in [0.1, 0.15) is 0 Å². The van der Waals surface area contributed by atoms with Crippen molar-refractivity contribution < 1.29 is 24.7 Å². The van der Waals surface area contributed by atoms with Crippen molar-refractivity contribution in [2.75, 3.05) is 19.7 Å². The Kier molecular flexibility index (Phi) is 12.5. The van der Waals surface area contributed by atoms with Crippen LogP contribution in [0.2, 0.25) is 6.32 Å². The highest BCUT2D eigenvalue weighted by molar-refractivity contribution is 6.40. The molecule has 1 fully saturated rings. The Hall–Kier alpha value is -0.755. The summed E-state index contributed by atoms with van der Waals surface area (Å²) in [6, 6.07) is 0.516. The van der Waals surface area contributed by atoms with Gasteiger partial charge >= 0.3 is 13.3 Å². The van der Waals surface area contributed by atoms with Crippen molar-refractivity contribution in [3.63, 3.8) is 0 Å². The Balaban J connectivity index is 0.00000122. The van der Waals surface area contributed by atoms with E-state index < -0.39 is 7.12 Å². The molecule has 0 unspecified atom stereocenters. The maximum atomic E-state index is 9.21. The van der Waals surface area contributed by atoms with Crippen LogP contribution in [0.1, 0.15) is 38.5 Å². The van der Waals surface area contributed by atoms with E-state index in [2.05, 4.69) is 4.90 Å². The molecule has 21 heavy (non-hydrogen) atoms. The number of carbonyl (C=O) groups excluding carboxylic acids is 2. The molecule has 0 radical (unpaired) electrons. The highest BCUT2D eigenvalue weighted by Crippen LogP contribution is 2.17. The predicted octanol–water partition coefficient (Wildman–Crippen LogP) is -0.780. The van der Waals surface area contributed by atoms with E-state index in [1.807, 2.05) is 0 Å². The van der Waals surface area contributed by atoms with Crippen molar-refractivity contribution in [3.05, 3.63) is 0 Å². The van der Waals surface area contributed by atoms with Crippen LogP contribution >= 0.6 is 0 Å². The molecule has 0 saturated carbocycles. The molecule has 2 atom stereocenters. The first-order chi connectivity index (χ1) is 10.0. The first-order valence-corrected chi connectivity index (χ1v) is 7.51. The number of hydrogen-bond donors (Lipinski definition) is 4. The summed E-state index contributed by atoms with van der Waals surface area (Å²) in [6.07, 6.45) is 6.61. The fourth-order valence-electron chi connectivity index (χ4n) is 2.61. The van der Waals surface area contributed by atoms with Crippen LogP contribution in [-0.4, -0.2) is 65.1 Å². The van der Waals surface area contributed by atoms with Crippen molar-refractivity contribution in [1.29, 1.82) is 0 Å². The van der Waals surface area contributed by atoms with Crippen molar-refractivity contribution in [2.45, 2.75) is 56.9 Å². The molecule has 0 spiro atoms. The van der Waals surface area contributed by atoms with E-state index in [4.69, 9.17) is 25.4 Å². The summed E-state index contributed by atoms with van der Waals surface area (Å²) >= 11 is 0. The van der Waals surface area contributed by atoms with E-state index in [0.29, 0.717) is 12.4 Å². The molecule has 0 aliphatic carbocycles. The minimum absolute atomic E-state index is 0.181. The molecule has 7 nitrogen and oxygen atoms in total. The zero-order valence-corrected chi connectivity index (χ0v) is 12.5. The van der Waals surface area contributed by atoms with E-state index in [0.717, 1.165) is 45.2 Å². The van der Waals surface area contributed by atoms with E-state index >= 15 is 0 Å². The third kappa shape index (κ3) is 10.6. The van der Waals surface area contributed by atoms with Crippen LogP contribution in [0.3, 0.4) is 0 Å². The standard InChI is InChI=1S/C12H27BN2O3.CO2/c14-11(4-1-2-7-13(17)18)6-9-15-8-3-5-12(15)10-16;2-1-3/h11-12,16-18H,1-10,14H2;/t11-,12+;/m1./s1. The normalized spacial score (nSPS) is 19.5. The third-order valence-corrected chi connectivity index (χ3v) is 3.78. The molecule has 122 valence electrons. The minimum Gasteiger partial charge on any atom is -0.427 e. The summed E-state index contributed by atoms with van der Waals surface area (Å²) in [6.45, 7) is 2.30. The molecule has 1 saturated heterocycles. The summed E-state index contributed by atoms with van der Waals surface area (Å²) in [5.74, 6) is 0. The van der Waals surface area contributed by atoms with Crippen LogP contribution in [-0.2, 0) is 9.59 Å². The number of unbranched alkanes of at least 4 members (excludes halogenated alkanes) is 1.